The second-order valence-corrected chi connectivity index (χ2v) is 4.92. The number of nitrogens with zero attached hydrogens (tertiary/aromatic N) is 2. The normalized spacial score (nSPS) is 10.9. The van der Waals surface area contributed by atoms with Crippen LogP contribution in [0, 0.1) is 6.92 Å². The molecule has 0 N–H and O–H groups in total. The SMILES string of the molecule is CCc1c(C)nn(-c2ccc(Cl)cc2Cl)c1Cl. The summed E-state index contributed by atoms with van der Waals surface area (Å²) < 4.78 is 1.65. The Bertz CT molecular complexity index is 561. The van der Waals surface area contributed by atoms with Crippen LogP contribution in [0.15, 0.2) is 18.2 Å². The number of halogens is 3. The highest BCUT2D eigenvalue weighted by atomic mass is 35.5. The van der Waals surface area contributed by atoms with Gasteiger partial charge < -0.3 is 0 Å². The first-order chi connectivity index (χ1) is 8.04. The number of aryl methyl sites for hydroxylation is 1. The van der Waals surface area contributed by atoms with Crippen molar-refractivity contribution in [2.75, 3.05) is 0 Å². The molecule has 2 aromatic rings. The van der Waals surface area contributed by atoms with E-state index in [-0.39, 0.29) is 0 Å². The van der Waals surface area contributed by atoms with Crippen LogP contribution >= 0.6 is 34.8 Å². The zero-order valence-corrected chi connectivity index (χ0v) is 11.7. The molecule has 0 fully saturated rings. The summed E-state index contributed by atoms with van der Waals surface area (Å²) >= 11 is 18.3. The third-order valence-electron chi connectivity index (χ3n) is 2.61. The van der Waals surface area contributed by atoms with Gasteiger partial charge in [0.2, 0.25) is 0 Å². The second-order valence-electron chi connectivity index (χ2n) is 3.72. The summed E-state index contributed by atoms with van der Waals surface area (Å²) in [6.45, 7) is 3.98. The van der Waals surface area contributed by atoms with Gasteiger partial charge >= 0.3 is 0 Å². The van der Waals surface area contributed by atoms with E-state index < -0.39 is 0 Å². The van der Waals surface area contributed by atoms with E-state index in [4.69, 9.17) is 34.8 Å². The Morgan fingerprint density at radius 3 is 2.47 bits per heavy atom. The van der Waals surface area contributed by atoms with Crippen molar-refractivity contribution in [3.8, 4) is 5.69 Å². The molecule has 1 aromatic carbocycles. The van der Waals surface area contributed by atoms with Crippen molar-refractivity contribution in [3.63, 3.8) is 0 Å². The first-order valence-electron chi connectivity index (χ1n) is 5.24. The number of aromatic nitrogens is 2. The van der Waals surface area contributed by atoms with Gasteiger partial charge in [0.15, 0.2) is 0 Å². The first-order valence-corrected chi connectivity index (χ1v) is 6.37. The lowest BCUT2D eigenvalue weighted by Gasteiger charge is -2.06. The smallest absolute Gasteiger partial charge is 0.136 e. The summed E-state index contributed by atoms with van der Waals surface area (Å²) in [7, 11) is 0. The Labute approximate surface area is 115 Å². The molecule has 0 aliphatic rings. The van der Waals surface area contributed by atoms with Crippen molar-refractivity contribution in [2.45, 2.75) is 20.3 Å². The van der Waals surface area contributed by atoms with Crippen molar-refractivity contribution in [1.82, 2.24) is 9.78 Å². The Balaban J connectivity index is 2.61. The lowest BCUT2D eigenvalue weighted by molar-refractivity contribution is 0.863. The molecule has 0 aliphatic carbocycles. The van der Waals surface area contributed by atoms with Crippen LogP contribution in [0.4, 0.5) is 0 Å². The van der Waals surface area contributed by atoms with Crippen LogP contribution in [0.1, 0.15) is 18.2 Å². The van der Waals surface area contributed by atoms with Gasteiger partial charge in [0.05, 0.1) is 16.4 Å². The summed E-state index contributed by atoms with van der Waals surface area (Å²) in [5, 5.41) is 6.13. The number of hydrogen-bond donors (Lipinski definition) is 0. The fourth-order valence-electron chi connectivity index (χ4n) is 1.75. The average molecular weight is 290 g/mol. The van der Waals surface area contributed by atoms with Crippen LogP contribution in [0.3, 0.4) is 0 Å². The van der Waals surface area contributed by atoms with Crippen LogP contribution in [0.5, 0.6) is 0 Å². The molecule has 1 heterocycles. The minimum absolute atomic E-state index is 0.532. The highest BCUT2D eigenvalue weighted by molar-refractivity contribution is 6.36. The Kier molecular flexibility index (Phi) is 3.67. The summed E-state index contributed by atoms with van der Waals surface area (Å²) in [6.07, 6.45) is 0.843. The molecule has 0 amide bonds. The third kappa shape index (κ3) is 2.30. The van der Waals surface area contributed by atoms with Crippen LogP contribution < -0.4 is 0 Å². The molecule has 0 saturated heterocycles. The summed E-state index contributed by atoms with van der Waals surface area (Å²) in [6, 6.07) is 5.25. The highest BCUT2D eigenvalue weighted by Crippen LogP contribution is 2.29. The van der Waals surface area contributed by atoms with Crippen LogP contribution in [0.25, 0.3) is 5.69 Å². The van der Waals surface area contributed by atoms with E-state index in [0.717, 1.165) is 23.4 Å². The van der Waals surface area contributed by atoms with Gasteiger partial charge in [-0.2, -0.15) is 5.10 Å². The molecule has 0 spiro atoms. The van der Waals surface area contributed by atoms with Gasteiger partial charge in [-0.05, 0) is 31.5 Å². The molecule has 5 heteroatoms. The van der Waals surface area contributed by atoms with Crippen molar-refractivity contribution in [3.05, 3.63) is 44.7 Å². The minimum Gasteiger partial charge on any atom is -0.220 e. The molecule has 0 atom stereocenters. The quantitative estimate of drug-likeness (QED) is 0.783. The molecular weight excluding hydrogens is 279 g/mol. The van der Waals surface area contributed by atoms with E-state index in [1.807, 2.05) is 19.9 Å². The van der Waals surface area contributed by atoms with Crippen molar-refractivity contribution in [2.24, 2.45) is 0 Å². The van der Waals surface area contributed by atoms with Gasteiger partial charge in [0.1, 0.15) is 5.15 Å². The maximum atomic E-state index is 6.28. The topological polar surface area (TPSA) is 17.8 Å². The maximum absolute atomic E-state index is 6.28. The number of benzene rings is 1. The van der Waals surface area contributed by atoms with E-state index in [0.29, 0.717) is 15.2 Å². The molecule has 2 rings (SSSR count). The highest BCUT2D eigenvalue weighted by Gasteiger charge is 2.14. The molecule has 1 aromatic heterocycles. The fourth-order valence-corrected chi connectivity index (χ4v) is 2.63. The van der Waals surface area contributed by atoms with Crippen molar-refractivity contribution in [1.29, 1.82) is 0 Å². The van der Waals surface area contributed by atoms with Crippen molar-refractivity contribution >= 4 is 34.8 Å². The van der Waals surface area contributed by atoms with Gasteiger partial charge in [-0.25, -0.2) is 4.68 Å². The molecule has 0 saturated carbocycles. The van der Waals surface area contributed by atoms with Gasteiger partial charge in [-0.1, -0.05) is 41.7 Å². The lowest BCUT2D eigenvalue weighted by atomic mass is 10.2. The van der Waals surface area contributed by atoms with E-state index in [9.17, 15) is 0 Å². The molecule has 0 unspecified atom stereocenters. The van der Waals surface area contributed by atoms with Crippen LogP contribution in [-0.4, -0.2) is 9.78 Å². The third-order valence-corrected chi connectivity index (χ3v) is 3.54. The zero-order chi connectivity index (χ0) is 12.6. The zero-order valence-electron chi connectivity index (χ0n) is 9.47. The molecule has 17 heavy (non-hydrogen) atoms. The summed E-state index contributed by atoms with van der Waals surface area (Å²) in [5.41, 5.74) is 2.70. The van der Waals surface area contributed by atoms with E-state index in [1.54, 1.807) is 16.8 Å². The van der Waals surface area contributed by atoms with Gasteiger partial charge in [0.25, 0.3) is 0 Å². The minimum atomic E-state index is 0.532. The van der Waals surface area contributed by atoms with E-state index in [2.05, 4.69) is 5.10 Å². The maximum Gasteiger partial charge on any atom is 0.136 e. The molecule has 0 aliphatic heterocycles. The summed E-state index contributed by atoms with van der Waals surface area (Å²) in [4.78, 5) is 0. The first kappa shape index (κ1) is 12.7. The Morgan fingerprint density at radius 1 is 1.24 bits per heavy atom. The Hall–Kier alpha value is -0.700. The molecular formula is C12H11Cl3N2. The van der Waals surface area contributed by atoms with Gasteiger partial charge in [-0.3, -0.25) is 0 Å². The van der Waals surface area contributed by atoms with E-state index >= 15 is 0 Å². The second kappa shape index (κ2) is 4.89. The molecule has 90 valence electrons. The Morgan fingerprint density at radius 2 is 1.94 bits per heavy atom. The van der Waals surface area contributed by atoms with E-state index in [1.165, 1.54) is 0 Å². The van der Waals surface area contributed by atoms with Gasteiger partial charge in [0, 0.05) is 10.6 Å². The van der Waals surface area contributed by atoms with Crippen LogP contribution in [-0.2, 0) is 6.42 Å². The standard InChI is InChI=1S/C12H11Cl3N2/c1-3-9-7(2)16-17(12(9)15)11-5-4-8(13)6-10(11)14/h4-6H,3H2,1-2H3. The van der Waals surface area contributed by atoms with Crippen LogP contribution in [0.2, 0.25) is 15.2 Å². The van der Waals surface area contributed by atoms with Crippen molar-refractivity contribution < 1.29 is 0 Å². The predicted molar refractivity (Wildman–Crippen MR) is 72.7 cm³/mol. The van der Waals surface area contributed by atoms with Gasteiger partial charge in [-0.15, -0.1) is 0 Å². The number of hydrogen-bond acceptors (Lipinski definition) is 1. The lowest BCUT2D eigenvalue weighted by Crippen LogP contribution is -1.97. The molecule has 2 nitrogen and oxygen atoms in total. The molecule has 0 radical (unpaired) electrons. The summed E-state index contributed by atoms with van der Waals surface area (Å²) in [5.74, 6) is 0. The predicted octanol–water partition coefficient (Wildman–Crippen LogP) is 4.70. The average Bonchev–Trinajstić information content (AvgIpc) is 2.54. The largest absolute Gasteiger partial charge is 0.220 e. The number of rotatable bonds is 2. The monoisotopic (exact) mass is 288 g/mol. The molecule has 0 bridgehead atoms. The fraction of sp³-hybridized carbons (Fsp3) is 0.250.